The molecule has 2 aliphatic rings. The summed E-state index contributed by atoms with van der Waals surface area (Å²) in [6.07, 6.45) is 7.96. The average Bonchev–Trinajstić information content (AvgIpc) is 3.42. The SMILES string of the molecule is C=CCNC(=O)C(C1CCCC1)N1CCC(CNCC)C1.CC.CC.CC. The molecule has 1 aliphatic carbocycles. The Kier molecular flexibility index (Phi) is 20.9. The van der Waals surface area contributed by atoms with Gasteiger partial charge in [0.2, 0.25) is 5.91 Å². The molecule has 27 heavy (non-hydrogen) atoms. The molecule has 1 aliphatic heterocycles. The third-order valence-corrected chi connectivity index (χ3v) is 4.93. The van der Waals surface area contributed by atoms with Crippen LogP contribution in [0.1, 0.15) is 80.6 Å². The molecule has 2 rings (SSSR count). The van der Waals surface area contributed by atoms with Crippen LogP contribution in [0, 0.1) is 11.8 Å². The Bertz CT molecular complexity index is 341. The van der Waals surface area contributed by atoms with Crippen LogP contribution in [0.4, 0.5) is 0 Å². The van der Waals surface area contributed by atoms with Gasteiger partial charge in [0.25, 0.3) is 0 Å². The fraction of sp³-hybridized carbons (Fsp3) is 0.870. The molecule has 1 saturated heterocycles. The van der Waals surface area contributed by atoms with E-state index in [1.54, 1.807) is 6.08 Å². The largest absolute Gasteiger partial charge is 0.351 e. The van der Waals surface area contributed by atoms with Crippen molar-refractivity contribution < 1.29 is 4.79 Å². The number of carbonyl (C=O) groups excluding carboxylic acids is 1. The first kappa shape index (κ1) is 28.3. The zero-order chi connectivity index (χ0) is 21.1. The van der Waals surface area contributed by atoms with Gasteiger partial charge < -0.3 is 10.6 Å². The number of hydrogen-bond donors (Lipinski definition) is 2. The van der Waals surface area contributed by atoms with Crippen LogP contribution in [0.3, 0.4) is 0 Å². The summed E-state index contributed by atoms with van der Waals surface area (Å²) < 4.78 is 0. The van der Waals surface area contributed by atoms with Gasteiger partial charge in [-0.1, -0.05) is 67.4 Å². The van der Waals surface area contributed by atoms with E-state index in [2.05, 4.69) is 29.0 Å². The normalized spacial score (nSPS) is 20.2. The lowest BCUT2D eigenvalue weighted by Crippen LogP contribution is -2.50. The molecular weight excluding hydrogens is 334 g/mol. The Balaban J connectivity index is 0. The Labute approximate surface area is 170 Å². The van der Waals surface area contributed by atoms with E-state index < -0.39 is 0 Å². The standard InChI is InChI=1S/C17H31N3O.3C2H6/c1-3-10-19-17(21)16(15-7-5-6-8-15)20-11-9-14(13-20)12-18-4-2;3*1-2/h3,14-16,18H,1,4-13H2,2H3,(H,19,21);3*1-2H3. The third kappa shape index (κ3) is 10.9. The first-order valence-corrected chi connectivity index (χ1v) is 11.6. The Morgan fingerprint density at radius 2 is 1.70 bits per heavy atom. The number of hydrogen-bond acceptors (Lipinski definition) is 3. The highest BCUT2D eigenvalue weighted by atomic mass is 16.2. The number of carbonyl (C=O) groups is 1. The molecule has 4 heteroatoms. The van der Waals surface area contributed by atoms with E-state index in [1.165, 1.54) is 32.1 Å². The molecule has 162 valence electrons. The van der Waals surface area contributed by atoms with E-state index in [0.717, 1.165) is 26.2 Å². The van der Waals surface area contributed by atoms with Crippen LogP contribution in [-0.4, -0.2) is 49.6 Å². The Morgan fingerprint density at radius 3 is 2.22 bits per heavy atom. The van der Waals surface area contributed by atoms with E-state index in [1.807, 2.05) is 41.5 Å². The molecule has 2 fully saturated rings. The maximum Gasteiger partial charge on any atom is 0.237 e. The van der Waals surface area contributed by atoms with Crippen LogP contribution in [0.15, 0.2) is 12.7 Å². The number of amides is 1. The minimum absolute atomic E-state index is 0.0825. The summed E-state index contributed by atoms with van der Waals surface area (Å²) in [5.41, 5.74) is 0. The van der Waals surface area contributed by atoms with E-state index >= 15 is 0 Å². The monoisotopic (exact) mass is 383 g/mol. The summed E-state index contributed by atoms with van der Waals surface area (Å²) in [4.78, 5) is 15.0. The summed E-state index contributed by atoms with van der Waals surface area (Å²) in [7, 11) is 0. The highest BCUT2D eigenvalue weighted by Gasteiger charge is 2.38. The Morgan fingerprint density at radius 1 is 1.11 bits per heavy atom. The third-order valence-electron chi connectivity index (χ3n) is 4.93. The topological polar surface area (TPSA) is 44.4 Å². The molecule has 1 heterocycles. The van der Waals surface area contributed by atoms with E-state index in [9.17, 15) is 4.79 Å². The predicted octanol–water partition coefficient (Wildman–Crippen LogP) is 4.86. The molecule has 2 unspecified atom stereocenters. The van der Waals surface area contributed by atoms with Gasteiger partial charge in [-0.15, -0.1) is 6.58 Å². The zero-order valence-corrected chi connectivity index (χ0v) is 19.4. The summed E-state index contributed by atoms with van der Waals surface area (Å²) in [5, 5.41) is 6.47. The fourth-order valence-electron chi connectivity index (χ4n) is 3.86. The molecule has 0 bridgehead atoms. The van der Waals surface area contributed by atoms with Crippen molar-refractivity contribution in [1.29, 1.82) is 0 Å². The van der Waals surface area contributed by atoms with Gasteiger partial charge in [0.05, 0.1) is 6.04 Å². The highest BCUT2D eigenvalue weighted by molar-refractivity contribution is 5.82. The summed E-state index contributed by atoms with van der Waals surface area (Å²) in [6.45, 7) is 22.7. The van der Waals surface area contributed by atoms with Gasteiger partial charge in [0.1, 0.15) is 0 Å². The average molecular weight is 384 g/mol. The van der Waals surface area contributed by atoms with Crippen molar-refractivity contribution in [2.24, 2.45) is 11.8 Å². The predicted molar refractivity (Wildman–Crippen MR) is 121 cm³/mol. The van der Waals surface area contributed by atoms with Crippen molar-refractivity contribution in [2.45, 2.75) is 86.6 Å². The van der Waals surface area contributed by atoms with Crippen molar-refractivity contribution >= 4 is 5.91 Å². The molecule has 0 aromatic carbocycles. The molecule has 1 saturated carbocycles. The van der Waals surface area contributed by atoms with Crippen LogP contribution >= 0.6 is 0 Å². The second-order valence-electron chi connectivity index (χ2n) is 6.48. The van der Waals surface area contributed by atoms with Crippen molar-refractivity contribution in [2.75, 3.05) is 32.7 Å². The minimum Gasteiger partial charge on any atom is -0.351 e. The number of nitrogens with one attached hydrogen (secondary N) is 2. The molecular formula is C23H49N3O. The first-order chi connectivity index (χ1) is 13.3. The molecule has 1 amide bonds. The van der Waals surface area contributed by atoms with E-state index in [4.69, 9.17) is 0 Å². The molecule has 0 aromatic heterocycles. The van der Waals surface area contributed by atoms with Gasteiger partial charge >= 0.3 is 0 Å². The second-order valence-corrected chi connectivity index (χ2v) is 6.48. The van der Waals surface area contributed by atoms with Gasteiger partial charge in [-0.2, -0.15) is 0 Å². The van der Waals surface area contributed by atoms with Crippen molar-refractivity contribution in [3.05, 3.63) is 12.7 Å². The van der Waals surface area contributed by atoms with Gasteiger partial charge in [-0.25, -0.2) is 0 Å². The summed E-state index contributed by atoms with van der Waals surface area (Å²) >= 11 is 0. The van der Waals surface area contributed by atoms with Gasteiger partial charge in [0.15, 0.2) is 0 Å². The van der Waals surface area contributed by atoms with Crippen molar-refractivity contribution in [3.63, 3.8) is 0 Å². The molecule has 4 nitrogen and oxygen atoms in total. The number of rotatable bonds is 8. The summed E-state index contributed by atoms with van der Waals surface area (Å²) in [5.74, 6) is 1.46. The van der Waals surface area contributed by atoms with Crippen LogP contribution in [0.2, 0.25) is 0 Å². The maximum atomic E-state index is 12.6. The second kappa shape index (κ2) is 19.9. The van der Waals surface area contributed by atoms with Crippen LogP contribution in [0.5, 0.6) is 0 Å². The smallest absolute Gasteiger partial charge is 0.237 e. The minimum atomic E-state index is 0.0825. The van der Waals surface area contributed by atoms with Crippen LogP contribution < -0.4 is 10.6 Å². The van der Waals surface area contributed by atoms with Gasteiger partial charge in [-0.05, 0) is 50.7 Å². The highest BCUT2D eigenvalue weighted by Crippen LogP contribution is 2.32. The quantitative estimate of drug-likeness (QED) is 0.588. The fourth-order valence-corrected chi connectivity index (χ4v) is 3.86. The molecule has 2 N–H and O–H groups in total. The lowest BCUT2D eigenvalue weighted by atomic mass is 9.96. The number of nitrogens with zero attached hydrogens (tertiary/aromatic N) is 1. The van der Waals surface area contributed by atoms with E-state index in [-0.39, 0.29) is 11.9 Å². The molecule has 0 aromatic rings. The Hall–Kier alpha value is -0.870. The first-order valence-electron chi connectivity index (χ1n) is 11.6. The van der Waals surface area contributed by atoms with Crippen LogP contribution in [-0.2, 0) is 4.79 Å². The van der Waals surface area contributed by atoms with Gasteiger partial charge in [0, 0.05) is 13.1 Å². The van der Waals surface area contributed by atoms with Crippen molar-refractivity contribution in [1.82, 2.24) is 15.5 Å². The lowest BCUT2D eigenvalue weighted by Gasteiger charge is -2.31. The molecule has 0 spiro atoms. The van der Waals surface area contributed by atoms with E-state index in [0.29, 0.717) is 18.4 Å². The van der Waals surface area contributed by atoms with Crippen LogP contribution in [0.25, 0.3) is 0 Å². The number of likely N-dealkylation sites (tertiary alicyclic amines) is 1. The maximum absolute atomic E-state index is 12.6. The molecule has 0 radical (unpaired) electrons. The van der Waals surface area contributed by atoms with Gasteiger partial charge in [-0.3, -0.25) is 9.69 Å². The lowest BCUT2D eigenvalue weighted by molar-refractivity contribution is -0.127. The zero-order valence-electron chi connectivity index (χ0n) is 19.4. The van der Waals surface area contributed by atoms with Crippen molar-refractivity contribution in [3.8, 4) is 0 Å². The summed E-state index contributed by atoms with van der Waals surface area (Å²) in [6, 6.07) is 0.0825. The molecule has 2 atom stereocenters.